The van der Waals surface area contributed by atoms with Crippen LogP contribution in [-0.4, -0.2) is 17.4 Å². The fraction of sp³-hybridized carbons (Fsp3) is 0.625. The molecule has 22 heavy (non-hydrogen) atoms. The van der Waals surface area contributed by atoms with Crippen LogP contribution in [-0.2, 0) is 4.79 Å². The van der Waals surface area contributed by atoms with Gasteiger partial charge in [-0.1, -0.05) is 25.3 Å². The van der Waals surface area contributed by atoms with Crippen molar-refractivity contribution in [1.82, 2.24) is 10.3 Å². The molecule has 0 saturated heterocycles. The number of nitrogens with two attached hydrogens (primary N) is 1. The molecule has 1 atom stereocenters. The maximum atomic E-state index is 12.3. The average molecular weight is 348 g/mol. The zero-order valence-corrected chi connectivity index (χ0v) is 14.7. The maximum absolute atomic E-state index is 12.3. The van der Waals surface area contributed by atoms with Crippen molar-refractivity contribution in [3.8, 4) is 0 Å². The summed E-state index contributed by atoms with van der Waals surface area (Å²) < 4.78 is 0. The molecule has 1 heterocycles. The Bertz CT molecular complexity index is 436. The van der Waals surface area contributed by atoms with E-state index in [1.807, 2.05) is 25.1 Å². The molecule has 1 fully saturated rings. The van der Waals surface area contributed by atoms with Crippen LogP contribution < -0.4 is 11.1 Å². The summed E-state index contributed by atoms with van der Waals surface area (Å²) in [6.07, 6.45) is 8.11. The van der Waals surface area contributed by atoms with Gasteiger partial charge in [0.25, 0.3) is 0 Å². The molecule has 1 amide bonds. The lowest BCUT2D eigenvalue weighted by atomic mass is 9.71. The summed E-state index contributed by atoms with van der Waals surface area (Å²) >= 11 is 0. The quantitative estimate of drug-likeness (QED) is 0.857. The number of rotatable bonds is 5. The van der Waals surface area contributed by atoms with Crippen LogP contribution in [0.1, 0.15) is 57.2 Å². The number of carbonyl (C=O) groups is 1. The highest BCUT2D eigenvalue weighted by Crippen LogP contribution is 2.38. The van der Waals surface area contributed by atoms with Crippen LogP contribution in [0.25, 0.3) is 0 Å². The first-order valence-electron chi connectivity index (χ1n) is 7.56. The van der Waals surface area contributed by atoms with Gasteiger partial charge in [0.2, 0.25) is 5.91 Å². The van der Waals surface area contributed by atoms with Crippen molar-refractivity contribution in [2.45, 2.75) is 51.5 Å². The molecule has 6 heteroatoms. The van der Waals surface area contributed by atoms with Crippen molar-refractivity contribution < 1.29 is 4.79 Å². The van der Waals surface area contributed by atoms with Crippen LogP contribution in [0.15, 0.2) is 24.4 Å². The van der Waals surface area contributed by atoms with E-state index in [2.05, 4.69) is 10.3 Å². The molecule has 4 nitrogen and oxygen atoms in total. The van der Waals surface area contributed by atoms with Gasteiger partial charge < -0.3 is 11.1 Å². The molecular weight excluding hydrogens is 321 g/mol. The number of hydrogen-bond donors (Lipinski definition) is 2. The van der Waals surface area contributed by atoms with E-state index in [1.54, 1.807) is 6.20 Å². The first-order valence-corrected chi connectivity index (χ1v) is 7.56. The first-order chi connectivity index (χ1) is 9.65. The highest BCUT2D eigenvalue weighted by atomic mass is 35.5. The topological polar surface area (TPSA) is 68.0 Å². The first kappa shape index (κ1) is 21.2. The normalized spacial score (nSPS) is 17.5. The Morgan fingerprint density at radius 3 is 2.55 bits per heavy atom. The molecule has 0 aromatic carbocycles. The standard InChI is InChI=1S/C16H25N3O.2ClH/c1-13(14-7-3-6-10-18-14)19-15(20)11-16(12-17)8-4-2-5-9-16;;/h3,6-7,10,13H,2,4-5,8-9,11-12,17H2,1H3,(H,19,20);2*1H. The zero-order chi connectivity index (χ0) is 14.4. The molecule has 126 valence electrons. The van der Waals surface area contributed by atoms with Crippen LogP contribution in [0.5, 0.6) is 0 Å². The lowest BCUT2D eigenvalue weighted by Gasteiger charge is -2.36. The second-order valence-electron chi connectivity index (χ2n) is 5.99. The summed E-state index contributed by atoms with van der Waals surface area (Å²) in [6, 6.07) is 5.70. The molecule has 0 bridgehead atoms. The molecule has 0 radical (unpaired) electrons. The summed E-state index contributed by atoms with van der Waals surface area (Å²) in [5.41, 5.74) is 6.85. The summed E-state index contributed by atoms with van der Waals surface area (Å²) in [4.78, 5) is 16.5. The van der Waals surface area contributed by atoms with Gasteiger partial charge in [0.15, 0.2) is 0 Å². The molecular formula is C16H27Cl2N3O. The van der Waals surface area contributed by atoms with E-state index in [-0.39, 0.29) is 42.2 Å². The number of halogens is 2. The van der Waals surface area contributed by atoms with Gasteiger partial charge in [0.1, 0.15) is 0 Å². The Balaban J connectivity index is 0.00000220. The minimum absolute atomic E-state index is 0. The van der Waals surface area contributed by atoms with Gasteiger partial charge in [0.05, 0.1) is 11.7 Å². The predicted octanol–water partition coefficient (Wildman–Crippen LogP) is 3.40. The van der Waals surface area contributed by atoms with Gasteiger partial charge in [0, 0.05) is 12.6 Å². The van der Waals surface area contributed by atoms with Crippen LogP contribution in [0, 0.1) is 5.41 Å². The Kier molecular flexibility index (Phi) is 9.65. The van der Waals surface area contributed by atoms with Gasteiger partial charge in [-0.05, 0) is 43.9 Å². The number of hydrogen-bond acceptors (Lipinski definition) is 3. The third kappa shape index (κ3) is 5.75. The number of aromatic nitrogens is 1. The lowest BCUT2D eigenvalue weighted by Crippen LogP contribution is -2.39. The molecule has 3 N–H and O–H groups in total. The van der Waals surface area contributed by atoms with Crippen LogP contribution in [0.2, 0.25) is 0 Å². The van der Waals surface area contributed by atoms with E-state index < -0.39 is 0 Å². The summed E-state index contributed by atoms with van der Waals surface area (Å²) in [5.74, 6) is 0.0931. The molecule has 1 aliphatic carbocycles. The van der Waals surface area contributed by atoms with E-state index in [9.17, 15) is 4.79 Å². The Morgan fingerprint density at radius 2 is 2.00 bits per heavy atom. The van der Waals surface area contributed by atoms with Gasteiger partial charge in [-0.25, -0.2) is 0 Å². The molecule has 1 aromatic rings. The van der Waals surface area contributed by atoms with E-state index in [0.29, 0.717) is 13.0 Å². The monoisotopic (exact) mass is 347 g/mol. The molecule has 0 aliphatic heterocycles. The molecule has 2 rings (SSSR count). The highest BCUT2D eigenvalue weighted by molar-refractivity contribution is 5.85. The molecule has 1 aliphatic rings. The van der Waals surface area contributed by atoms with Gasteiger partial charge in [-0.3, -0.25) is 9.78 Å². The molecule has 1 aromatic heterocycles. The molecule has 1 saturated carbocycles. The van der Waals surface area contributed by atoms with Crippen molar-refractivity contribution in [3.05, 3.63) is 30.1 Å². The van der Waals surface area contributed by atoms with Crippen molar-refractivity contribution in [2.24, 2.45) is 11.1 Å². The Hall–Kier alpha value is -0.840. The summed E-state index contributed by atoms with van der Waals surface area (Å²) in [5, 5.41) is 3.05. The van der Waals surface area contributed by atoms with E-state index in [4.69, 9.17) is 5.73 Å². The van der Waals surface area contributed by atoms with Gasteiger partial charge in [-0.15, -0.1) is 24.8 Å². The molecule has 1 unspecified atom stereocenters. The number of amides is 1. The summed E-state index contributed by atoms with van der Waals surface area (Å²) in [6.45, 7) is 2.58. The Morgan fingerprint density at radius 1 is 1.32 bits per heavy atom. The lowest BCUT2D eigenvalue weighted by molar-refractivity contribution is -0.124. The van der Waals surface area contributed by atoms with Crippen LogP contribution in [0.4, 0.5) is 0 Å². The van der Waals surface area contributed by atoms with Gasteiger partial charge in [-0.2, -0.15) is 0 Å². The SMILES string of the molecule is CC(NC(=O)CC1(CN)CCCCC1)c1ccccn1.Cl.Cl. The largest absolute Gasteiger partial charge is 0.348 e. The predicted molar refractivity (Wildman–Crippen MR) is 94.5 cm³/mol. The van der Waals surface area contributed by atoms with E-state index in [1.165, 1.54) is 19.3 Å². The number of carbonyl (C=O) groups excluding carboxylic acids is 1. The zero-order valence-electron chi connectivity index (χ0n) is 13.1. The minimum Gasteiger partial charge on any atom is -0.348 e. The maximum Gasteiger partial charge on any atom is 0.221 e. The molecule has 0 spiro atoms. The second-order valence-corrected chi connectivity index (χ2v) is 5.99. The smallest absolute Gasteiger partial charge is 0.221 e. The minimum atomic E-state index is -0.0536. The van der Waals surface area contributed by atoms with Crippen LogP contribution in [0.3, 0.4) is 0 Å². The number of pyridine rings is 1. The van der Waals surface area contributed by atoms with Crippen molar-refractivity contribution >= 4 is 30.7 Å². The third-order valence-electron chi connectivity index (χ3n) is 4.39. The van der Waals surface area contributed by atoms with Crippen molar-refractivity contribution in [3.63, 3.8) is 0 Å². The van der Waals surface area contributed by atoms with Gasteiger partial charge >= 0.3 is 0 Å². The van der Waals surface area contributed by atoms with E-state index in [0.717, 1.165) is 18.5 Å². The fourth-order valence-corrected chi connectivity index (χ4v) is 3.09. The number of nitrogens with zero attached hydrogens (tertiary/aromatic N) is 1. The van der Waals surface area contributed by atoms with Crippen molar-refractivity contribution in [1.29, 1.82) is 0 Å². The second kappa shape index (κ2) is 10.0. The van der Waals surface area contributed by atoms with Crippen molar-refractivity contribution in [2.75, 3.05) is 6.54 Å². The highest BCUT2D eigenvalue weighted by Gasteiger charge is 2.33. The third-order valence-corrected chi connectivity index (χ3v) is 4.39. The van der Waals surface area contributed by atoms with E-state index >= 15 is 0 Å². The number of nitrogens with one attached hydrogen (secondary N) is 1. The Labute approximate surface area is 145 Å². The van der Waals surface area contributed by atoms with Crippen LogP contribution >= 0.6 is 24.8 Å². The fourth-order valence-electron chi connectivity index (χ4n) is 3.09. The average Bonchev–Trinajstić information content (AvgIpc) is 2.49. The summed E-state index contributed by atoms with van der Waals surface area (Å²) in [7, 11) is 0.